The Morgan fingerprint density at radius 2 is 2.54 bits per heavy atom. The van der Waals surface area contributed by atoms with Gasteiger partial charge in [-0.15, -0.1) is 0 Å². The number of carbonyl (C=O) groups excluding carboxylic acids is 1. The Bertz CT molecular complexity index is 226. The summed E-state index contributed by atoms with van der Waals surface area (Å²) < 4.78 is 0. The standard InChI is InChI=1S/C9H15N3O/c1-2-3-9(4-5-11-6-9)8(13)12-7-10/h11H,2-6H2,1H3,(H,12,13). The summed E-state index contributed by atoms with van der Waals surface area (Å²) in [6.45, 7) is 3.63. The molecule has 0 spiro atoms. The van der Waals surface area contributed by atoms with Gasteiger partial charge in [0.15, 0.2) is 6.19 Å². The van der Waals surface area contributed by atoms with Gasteiger partial charge < -0.3 is 5.32 Å². The average Bonchev–Trinajstić information content (AvgIpc) is 2.55. The van der Waals surface area contributed by atoms with Crippen LogP contribution in [0.15, 0.2) is 0 Å². The van der Waals surface area contributed by atoms with Crippen LogP contribution in [0, 0.1) is 16.9 Å². The first kappa shape index (κ1) is 10.0. The Balaban J connectivity index is 2.66. The lowest BCUT2D eigenvalue weighted by atomic mass is 9.81. The summed E-state index contributed by atoms with van der Waals surface area (Å²) in [4.78, 5) is 11.6. The van der Waals surface area contributed by atoms with Gasteiger partial charge in [-0.1, -0.05) is 13.3 Å². The van der Waals surface area contributed by atoms with Crippen molar-refractivity contribution in [3.8, 4) is 6.19 Å². The summed E-state index contributed by atoms with van der Waals surface area (Å²) >= 11 is 0. The number of nitrogens with zero attached hydrogens (tertiary/aromatic N) is 1. The van der Waals surface area contributed by atoms with Gasteiger partial charge in [0.25, 0.3) is 0 Å². The Morgan fingerprint density at radius 1 is 1.77 bits per heavy atom. The van der Waals surface area contributed by atoms with Crippen molar-refractivity contribution in [2.24, 2.45) is 5.41 Å². The van der Waals surface area contributed by atoms with E-state index < -0.39 is 0 Å². The minimum Gasteiger partial charge on any atom is -0.316 e. The second-order valence-electron chi connectivity index (χ2n) is 3.52. The molecule has 0 aliphatic carbocycles. The highest BCUT2D eigenvalue weighted by atomic mass is 16.2. The average molecular weight is 181 g/mol. The fourth-order valence-electron chi connectivity index (χ4n) is 1.93. The zero-order chi connectivity index (χ0) is 9.73. The zero-order valence-electron chi connectivity index (χ0n) is 7.89. The monoisotopic (exact) mass is 181 g/mol. The maximum atomic E-state index is 11.6. The van der Waals surface area contributed by atoms with Crippen LogP contribution in [-0.2, 0) is 4.79 Å². The predicted molar refractivity (Wildman–Crippen MR) is 48.6 cm³/mol. The normalized spacial score (nSPS) is 26.8. The van der Waals surface area contributed by atoms with Crippen LogP contribution in [0.1, 0.15) is 26.2 Å². The molecule has 4 heteroatoms. The highest BCUT2D eigenvalue weighted by Gasteiger charge is 2.40. The SMILES string of the molecule is CCCC1(C(=O)NC#N)CCNC1. The van der Waals surface area contributed by atoms with Crippen molar-refractivity contribution in [3.05, 3.63) is 0 Å². The number of hydrogen-bond donors (Lipinski definition) is 2. The molecule has 1 rings (SSSR count). The van der Waals surface area contributed by atoms with Crippen LogP contribution in [-0.4, -0.2) is 19.0 Å². The Kier molecular flexibility index (Phi) is 3.26. The number of amides is 1. The second-order valence-corrected chi connectivity index (χ2v) is 3.52. The summed E-state index contributed by atoms with van der Waals surface area (Å²) in [7, 11) is 0. The van der Waals surface area contributed by atoms with Gasteiger partial charge in [-0.05, 0) is 19.4 Å². The van der Waals surface area contributed by atoms with E-state index in [2.05, 4.69) is 17.6 Å². The number of hydrogen-bond acceptors (Lipinski definition) is 3. The Morgan fingerprint density at radius 3 is 3.00 bits per heavy atom. The van der Waals surface area contributed by atoms with Crippen LogP contribution in [0.4, 0.5) is 0 Å². The number of carbonyl (C=O) groups is 1. The fourth-order valence-corrected chi connectivity index (χ4v) is 1.93. The van der Waals surface area contributed by atoms with E-state index in [0.717, 1.165) is 25.8 Å². The summed E-state index contributed by atoms with van der Waals surface area (Å²) in [6.07, 6.45) is 4.37. The molecule has 0 aromatic heterocycles. The quantitative estimate of drug-likeness (QED) is 0.488. The van der Waals surface area contributed by atoms with Crippen molar-refractivity contribution in [2.75, 3.05) is 13.1 Å². The van der Waals surface area contributed by atoms with Crippen molar-refractivity contribution < 1.29 is 4.79 Å². The summed E-state index contributed by atoms with van der Waals surface area (Å²) in [5.74, 6) is -0.123. The molecule has 0 saturated carbocycles. The van der Waals surface area contributed by atoms with Gasteiger partial charge in [-0.3, -0.25) is 10.1 Å². The molecule has 0 bridgehead atoms. The molecule has 1 heterocycles. The summed E-state index contributed by atoms with van der Waals surface area (Å²) in [6, 6.07) is 0. The van der Waals surface area contributed by atoms with Crippen LogP contribution in [0.25, 0.3) is 0 Å². The van der Waals surface area contributed by atoms with Crippen LogP contribution >= 0.6 is 0 Å². The molecular weight excluding hydrogens is 166 g/mol. The molecule has 1 aliphatic heterocycles. The number of nitriles is 1. The second kappa shape index (κ2) is 4.24. The molecule has 1 unspecified atom stereocenters. The van der Waals surface area contributed by atoms with Crippen molar-refractivity contribution in [1.82, 2.24) is 10.6 Å². The van der Waals surface area contributed by atoms with Gasteiger partial charge in [0, 0.05) is 6.54 Å². The first-order valence-corrected chi connectivity index (χ1v) is 4.65. The summed E-state index contributed by atoms with van der Waals surface area (Å²) in [5.41, 5.74) is -0.329. The lowest BCUT2D eigenvalue weighted by molar-refractivity contribution is -0.129. The smallest absolute Gasteiger partial charge is 0.240 e. The molecule has 4 nitrogen and oxygen atoms in total. The van der Waals surface area contributed by atoms with Crippen molar-refractivity contribution in [1.29, 1.82) is 5.26 Å². The van der Waals surface area contributed by atoms with Crippen LogP contribution < -0.4 is 10.6 Å². The topological polar surface area (TPSA) is 64.9 Å². The fraction of sp³-hybridized carbons (Fsp3) is 0.778. The minimum atomic E-state index is -0.329. The van der Waals surface area contributed by atoms with E-state index in [4.69, 9.17) is 5.26 Å². The van der Waals surface area contributed by atoms with Gasteiger partial charge in [0.05, 0.1) is 5.41 Å². The van der Waals surface area contributed by atoms with E-state index in [1.165, 1.54) is 0 Å². The molecule has 13 heavy (non-hydrogen) atoms. The van der Waals surface area contributed by atoms with E-state index in [1.54, 1.807) is 6.19 Å². The number of rotatable bonds is 3. The van der Waals surface area contributed by atoms with Gasteiger partial charge in [0.2, 0.25) is 5.91 Å². The Hall–Kier alpha value is -1.08. The van der Waals surface area contributed by atoms with Crippen molar-refractivity contribution in [2.45, 2.75) is 26.2 Å². The molecule has 1 atom stereocenters. The first-order valence-electron chi connectivity index (χ1n) is 4.65. The van der Waals surface area contributed by atoms with E-state index in [9.17, 15) is 4.79 Å². The largest absolute Gasteiger partial charge is 0.316 e. The highest BCUT2D eigenvalue weighted by molar-refractivity contribution is 5.84. The lowest BCUT2D eigenvalue weighted by Gasteiger charge is -2.24. The Labute approximate surface area is 78.3 Å². The third kappa shape index (κ3) is 1.99. The zero-order valence-corrected chi connectivity index (χ0v) is 7.89. The van der Waals surface area contributed by atoms with Gasteiger partial charge in [-0.25, -0.2) is 0 Å². The minimum absolute atomic E-state index is 0.123. The molecular formula is C9H15N3O. The van der Waals surface area contributed by atoms with E-state index in [1.807, 2.05) is 0 Å². The molecule has 1 saturated heterocycles. The maximum Gasteiger partial charge on any atom is 0.240 e. The van der Waals surface area contributed by atoms with Crippen molar-refractivity contribution >= 4 is 5.91 Å². The van der Waals surface area contributed by atoms with E-state index in [-0.39, 0.29) is 11.3 Å². The molecule has 0 aromatic rings. The van der Waals surface area contributed by atoms with Crippen molar-refractivity contribution in [3.63, 3.8) is 0 Å². The molecule has 1 amide bonds. The molecule has 2 N–H and O–H groups in total. The third-order valence-electron chi connectivity index (χ3n) is 2.62. The predicted octanol–water partition coefficient (Wildman–Crippen LogP) is 0.363. The maximum absolute atomic E-state index is 11.6. The van der Waals surface area contributed by atoms with Crippen LogP contribution in [0.5, 0.6) is 0 Å². The first-order chi connectivity index (χ1) is 6.25. The molecule has 1 aliphatic rings. The van der Waals surface area contributed by atoms with Gasteiger partial charge in [0.1, 0.15) is 0 Å². The van der Waals surface area contributed by atoms with Crippen LogP contribution in [0.2, 0.25) is 0 Å². The molecule has 0 radical (unpaired) electrons. The molecule has 0 aromatic carbocycles. The molecule has 1 fully saturated rings. The van der Waals surface area contributed by atoms with E-state index >= 15 is 0 Å². The van der Waals surface area contributed by atoms with Gasteiger partial charge >= 0.3 is 0 Å². The summed E-state index contributed by atoms with van der Waals surface area (Å²) in [5, 5.41) is 13.8. The lowest BCUT2D eigenvalue weighted by Crippen LogP contribution is -2.40. The molecule has 72 valence electrons. The van der Waals surface area contributed by atoms with E-state index in [0.29, 0.717) is 6.54 Å². The van der Waals surface area contributed by atoms with Gasteiger partial charge in [-0.2, -0.15) is 5.26 Å². The number of nitrogens with one attached hydrogen (secondary N) is 2. The third-order valence-corrected chi connectivity index (χ3v) is 2.62. The van der Waals surface area contributed by atoms with Crippen LogP contribution in [0.3, 0.4) is 0 Å². The highest BCUT2D eigenvalue weighted by Crippen LogP contribution is 2.30.